The zero-order valence-corrected chi connectivity index (χ0v) is 11.0. The fourth-order valence-corrected chi connectivity index (χ4v) is 1.62. The molecule has 0 unspecified atom stereocenters. The smallest absolute Gasteiger partial charge is 0.408 e. The van der Waals surface area contributed by atoms with Gasteiger partial charge in [0.05, 0.1) is 6.26 Å². The third-order valence-electron chi connectivity index (χ3n) is 2.48. The SMILES string of the molecule is CCCCCCCCCCC=COC(=O)Cl. The Bertz CT molecular complexity index is 190. The number of halogens is 1. The summed E-state index contributed by atoms with van der Waals surface area (Å²) in [7, 11) is 0. The number of ether oxygens (including phenoxy) is 1. The topological polar surface area (TPSA) is 26.3 Å². The standard InChI is InChI=1S/C13H23ClO2/c1-2-3-4-5-6-7-8-9-10-11-12-16-13(14)15/h11-12H,2-10H2,1H3. The monoisotopic (exact) mass is 246 g/mol. The van der Waals surface area contributed by atoms with Gasteiger partial charge in [-0.1, -0.05) is 51.9 Å². The molecular formula is C13H23ClO2. The highest BCUT2D eigenvalue weighted by Gasteiger charge is 1.91. The largest absolute Gasteiger partial charge is 0.423 e. The number of rotatable bonds is 10. The van der Waals surface area contributed by atoms with E-state index in [1.807, 2.05) is 6.08 Å². The lowest BCUT2D eigenvalue weighted by Gasteiger charge is -1.99. The first kappa shape index (κ1) is 15.5. The van der Waals surface area contributed by atoms with Crippen molar-refractivity contribution in [1.29, 1.82) is 0 Å². The van der Waals surface area contributed by atoms with Crippen LogP contribution in [-0.2, 0) is 4.74 Å². The van der Waals surface area contributed by atoms with E-state index in [0.29, 0.717) is 0 Å². The Kier molecular flexibility index (Phi) is 12.2. The van der Waals surface area contributed by atoms with Crippen LogP contribution in [0.15, 0.2) is 12.3 Å². The van der Waals surface area contributed by atoms with Crippen LogP contribution in [0.4, 0.5) is 4.79 Å². The summed E-state index contributed by atoms with van der Waals surface area (Å²) in [6, 6.07) is 0. The zero-order valence-electron chi connectivity index (χ0n) is 10.2. The van der Waals surface area contributed by atoms with E-state index in [-0.39, 0.29) is 0 Å². The molecule has 2 nitrogen and oxygen atoms in total. The summed E-state index contributed by atoms with van der Waals surface area (Å²) in [6.07, 6.45) is 14.7. The average molecular weight is 247 g/mol. The predicted molar refractivity (Wildman–Crippen MR) is 68.7 cm³/mol. The van der Waals surface area contributed by atoms with Crippen LogP contribution in [0, 0.1) is 0 Å². The molecule has 0 heterocycles. The lowest BCUT2D eigenvalue weighted by molar-refractivity contribution is 0.212. The van der Waals surface area contributed by atoms with Crippen molar-refractivity contribution in [2.24, 2.45) is 0 Å². The van der Waals surface area contributed by atoms with Gasteiger partial charge in [-0.25, -0.2) is 4.79 Å². The van der Waals surface area contributed by atoms with Gasteiger partial charge in [0.2, 0.25) is 0 Å². The van der Waals surface area contributed by atoms with E-state index in [1.54, 1.807) is 0 Å². The van der Waals surface area contributed by atoms with Gasteiger partial charge in [-0.2, -0.15) is 0 Å². The number of hydrogen-bond acceptors (Lipinski definition) is 2. The fraction of sp³-hybridized carbons (Fsp3) is 0.769. The van der Waals surface area contributed by atoms with Gasteiger partial charge in [0.15, 0.2) is 0 Å². The van der Waals surface area contributed by atoms with E-state index >= 15 is 0 Å². The molecule has 0 amide bonds. The molecular weight excluding hydrogens is 224 g/mol. The number of unbranched alkanes of at least 4 members (excludes halogenated alkanes) is 8. The number of hydrogen-bond donors (Lipinski definition) is 0. The van der Waals surface area contributed by atoms with Gasteiger partial charge in [-0.05, 0) is 18.9 Å². The van der Waals surface area contributed by atoms with Gasteiger partial charge >= 0.3 is 5.43 Å². The molecule has 0 radical (unpaired) electrons. The summed E-state index contributed by atoms with van der Waals surface area (Å²) in [6.45, 7) is 2.24. The first-order chi connectivity index (χ1) is 7.77. The second-order valence-electron chi connectivity index (χ2n) is 3.99. The Morgan fingerprint density at radius 3 is 2.19 bits per heavy atom. The van der Waals surface area contributed by atoms with Crippen LogP contribution in [0.2, 0.25) is 0 Å². The summed E-state index contributed by atoms with van der Waals surface area (Å²) in [4.78, 5) is 10.2. The highest BCUT2D eigenvalue weighted by atomic mass is 35.5. The van der Waals surface area contributed by atoms with Crippen molar-refractivity contribution in [3.05, 3.63) is 12.3 Å². The van der Waals surface area contributed by atoms with E-state index in [1.165, 1.54) is 51.2 Å². The van der Waals surface area contributed by atoms with Crippen molar-refractivity contribution < 1.29 is 9.53 Å². The second-order valence-corrected chi connectivity index (χ2v) is 4.30. The van der Waals surface area contributed by atoms with Crippen molar-refractivity contribution in [2.75, 3.05) is 0 Å². The average Bonchev–Trinajstić information content (AvgIpc) is 2.25. The molecule has 16 heavy (non-hydrogen) atoms. The molecule has 0 aromatic heterocycles. The Hall–Kier alpha value is -0.500. The summed E-state index contributed by atoms with van der Waals surface area (Å²) in [5.74, 6) is 0. The van der Waals surface area contributed by atoms with E-state index in [4.69, 9.17) is 11.6 Å². The highest BCUT2D eigenvalue weighted by Crippen LogP contribution is 2.09. The first-order valence-corrected chi connectivity index (χ1v) is 6.66. The van der Waals surface area contributed by atoms with Crippen molar-refractivity contribution >= 4 is 17.0 Å². The maximum absolute atomic E-state index is 10.2. The van der Waals surface area contributed by atoms with Gasteiger partial charge < -0.3 is 4.74 Å². The first-order valence-electron chi connectivity index (χ1n) is 6.28. The maximum atomic E-state index is 10.2. The van der Waals surface area contributed by atoms with Crippen molar-refractivity contribution in [2.45, 2.75) is 64.7 Å². The second kappa shape index (κ2) is 12.6. The minimum atomic E-state index is -0.771. The van der Waals surface area contributed by atoms with E-state index in [0.717, 1.165) is 12.8 Å². The molecule has 0 spiro atoms. The Balaban J connectivity index is 3.03. The van der Waals surface area contributed by atoms with Crippen LogP contribution in [0.5, 0.6) is 0 Å². The van der Waals surface area contributed by atoms with Gasteiger partial charge in [0, 0.05) is 11.6 Å². The molecule has 0 fully saturated rings. The van der Waals surface area contributed by atoms with Crippen LogP contribution < -0.4 is 0 Å². The number of allylic oxidation sites excluding steroid dienone is 1. The highest BCUT2D eigenvalue weighted by molar-refractivity contribution is 6.61. The minimum absolute atomic E-state index is 0.771. The van der Waals surface area contributed by atoms with Crippen molar-refractivity contribution in [1.82, 2.24) is 0 Å². The zero-order chi connectivity index (χ0) is 12.1. The third-order valence-corrected chi connectivity index (χ3v) is 2.57. The van der Waals surface area contributed by atoms with Crippen LogP contribution >= 0.6 is 11.6 Å². The molecule has 0 N–H and O–H groups in total. The van der Waals surface area contributed by atoms with Crippen molar-refractivity contribution in [3.8, 4) is 0 Å². The van der Waals surface area contributed by atoms with Crippen LogP contribution in [0.1, 0.15) is 64.7 Å². The van der Waals surface area contributed by atoms with Crippen LogP contribution in [0.3, 0.4) is 0 Å². The summed E-state index contributed by atoms with van der Waals surface area (Å²) in [5, 5.41) is 0. The molecule has 0 atom stereocenters. The summed E-state index contributed by atoms with van der Waals surface area (Å²) < 4.78 is 4.46. The molecule has 0 aliphatic carbocycles. The third kappa shape index (κ3) is 13.5. The lowest BCUT2D eigenvalue weighted by atomic mass is 10.1. The minimum Gasteiger partial charge on any atom is -0.423 e. The lowest BCUT2D eigenvalue weighted by Crippen LogP contribution is -1.83. The van der Waals surface area contributed by atoms with E-state index in [9.17, 15) is 4.79 Å². The quantitative estimate of drug-likeness (QED) is 0.293. The molecule has 0 bridgehead atoms. The molecule has 0 aliphatic rings. The predicted octanol–water partition coefficient (Wildman–Crippen LogP) is 5.41. The van der Waals surface area contributed by atoms with Crippen LogP contribution in [-0.4, -0.2) is 5.43 Å². The number of carbonyl (C=O) groups excluding carboxylic acids is 1. The fourth-order valence-electron chi connectivity index (χ4n) is 1.57. The molecule has 0 saturated carbocycles. The van der Waals surface area contributed by atoms with Crippen LogP contribution in [0.25, 0.3) is 0 Å². The Morgan fingerprint density at radius 2 is 1.62 bits per heavy atom. The van der Waals surface area contributed by atoms with Gasteiger partial charge in [-0.3, -0.25) is 0 Å². The number of carbonyl (C=O) groups is 1. The summed E-state index contributed by atoms with van der Waals surface area (Å²) >= 11 is 4.99. The molecule has 94 valence electrons. The Morgan fingerprint density at radius 1 is 1.06 bits per heavy atom. The van der Waals surface area contributed by atoms with E-state index in [2.05, 4.69) is 11.7 Å². The molecule has 3 heteroatoms. The van der Waals surface area contributed by atoms with Gasteiger partial charge in [-0.15, -0.1) is 0 Å². The van der Waals surface area contributed by atoms with E-state index < -0.39 is 5.43 Å². The molecule has 0 rings (SSSR count). The van der Waals surface area contributed by atoms with Gasteiger partial charge in [0.1, 0.15) is 0 Å². The molecule has 0 aliphatic heterocycles. The van der Waals surface area contributed by atoms with Crippen molar-refractivity contribution in [3.63, 3.8) is 0 Å². The normalized spacial score (nSPS) is 10.9. The molecule has 0 aromatic rings. The molecule has 0 saturated heterocycles. The molecule has 0 aromatic carbocycles. The van der Waals surface area contributed by atoms with Gasteiger partial charge in [0.25, 0.3) is 0 Å². The Labute approximate surface area is 104 Å². The summed E-state index contributed by atoms with van der Waals surface area (Å²) in [5.41, 5.74) is -0.771. The maximum Gasteiger partial charge on any atom is 0.408 e.